The standard InChI is InChI=1S/C17H21N5O/c1-11-10-18-8-9-22(11)17(23)14-6-4-13(5-7-14)16-19-15(20-21-16)12-2-3-12/h4-7,11-12,18H,2-3,8-10H2,1H3,(H,19,20,21)/t11-/m0/s1. The van der Waals surface area contributed by atoms with Crippen LogP contribution >= 0.6 is 0 Å². The normalized spacial score (nSPS) is 21.4. The van der Waals surface area contributed by atoms with E-state index in [9.17, 15) is 4.79 Å². The molecule has 2 fully saturated rings. The molecule has 6 nitrogen and oxygen atoms in total. The number of nitrogens with one attached hydrogen (secondary N) is 2. The second kappa shape index (κ2) is 5.77. The summed E-state index contributed by atoms with van der Waals surface area (Å²) in [4.78, 5) is 19.1. The molecule has 0 spiro atoms. The summed E-state index contributed by atoms with van der Waals surface area (Å²) in [6, 6.07) is 7.84. The number of benzene rings is 1. The quantitative estimate of drug-likeness (QED) is 0.906. The first-order valence-electron chi connectivity index (χ1n) is 8.27. The van der Waals surface area contributed by atoms with E-state index in [-0.39, 0.29) is 11.9 Å². The molecular formula is C17H21N5O. The maximum absolute atomic E-state index is 12.6. The van der Waals surface area contributed by atoms with Crippen LogP contribution in [-0.4, -0.2) is 51.7 Å². The lowest BCUT2D eigenvalue weighted by atomic mass is 10.1. The smallest absolute Gasteiger partial charge is 0.254 e. The Balaban J connectivity index is 1.51. The van der Waals surface area contributed by atoms with Gasteiger partial charge in [-0.05, 0) is 31.9 Å². The van der Waals surface area contributed by atoms with Gasteiger partial charge in [0.2, 0.25) is 0 Å². The van der Waals surface area contributed by atoms with Crippen LogP contribution in [-0.2, 0) is 0 Å². The van der Waals surface area contributed by atoms with Gasteiger partial charge in [-0.3, -0.25) is 9.89 Å². The predicted molar refractivity (Wildman–Crippen MR) is 87.2 cm³/mol. The van der Waals surface area contributed by atoms with E-state index < -0.39 is 0 Å². The molecule has 23 heavy (non-hydrogen) atoms. The third kappa shape index (κ3) is 2.86. The van der Waals surface area contributed by atoms with Crippen molar-refractivity contribution < 1.29 is 4.79 Å². The molecule has 0 unspecified atom stereocenters. The average molecular weight is 311 g/mol. The second-order valence-corrected chi connectivity index (χ2v) is 6.45. The summed E-state index contributed by atoms with van der Waals surface area (Å²) in [5.41, 5.74) is 1.67. The average Bonchev–Trinajstić information content (AvgIpc) is 3.32. The first kappa shape index (κ1) is 14.4. The highest BCUT2D eigenvalue weighted by atomic mass is 16.2. The Morgan fingerprint density at radius 1 is 1.26 bits per heavy atom. The Morgan fingerprint density at radius 2 is 2.04 bits per heavy atom. The first-order chi connectivity index (χ1) is 11.2. The van der Waals surface area contributed by atoms with Crippen molar-refractivity contribution in [1.82, 2.24) is 25.4 Å². The van der Waals surface area contributed by atoms with E-state index >= 15 is 0 Å². The van der Waals surface area contributed by atoms with Crippen LogP contribution in [0.4, 0.5) is 0 Å². The monoisotopic (exact) mass is 311 g/mol. The van der Waals surface area contributed by atoms with Gasteiger partial charge in [-0.1, -0.05) is 12.1 Å². The topological polar surface area (TPSA) is 73.9 Å². The van der Waals surface area contributed by atoms with Crippen LogP contribution in [0, 0.1) is 0 Å². The molecular weight excluding hydrogens is 290 g/mol. The number of aromatic nitrogens is 3. The van der Waals surface area contributed by atoms with Gasteiger partial charge in [-0.2, -0.15) is 5.10 Å². The Labute approximate surface area is 135 Å². The first-order valence-corrected chi connectivity index (χ1v) is 8.27. The minimum atomic E-state index is 0.0965. The molecule has 1 saturated heterocycles. The number of amides is 1. The van der Waals surface area contributed by atoms with Gasteiger partial charge in [0.1, 0.15) is 5.82 Å². The number of carbonyl (C=O) groups is 1. The fourth-order valence-electron chi connectivity index (χ4n) is 3.01. The largest absolute Gasteiger partial charge is 0.333 e. The van der Waals surface area contributed by atoms with Crippen LogP contribution < -0.4 is 5.32 Å². The molecule has 1 aliphatic carbocycles. The van der Waals surface area contributed by atoms with E-state index in [1.165, 1.54) is 12.8 Å². The molecule has 1 aliphatic heterocycles. The number of piperazine rings is 1. The summed E-state index contributed by atoms with van der Waals surface area (Å²) in [6.07, 6.45) is 2.40. The zero-order chi connectivity index (χ0) is 15.8. The van der Waals surface area contributed by atoms with Crippen LogP contribution in [0.15, 0.2) is 24.3 Å². The maximum Gasteiger partial charge on any atom is 0.254 e. The van der Waals surface area contributed by atoms with Gasteiger partial charge in [0.05, 0.1) is 0 Å². The number of rotatable bonds is 3. The highest BCUT2D eigenvalue weighted by molar-refractivity contribution is 5.95. The number of carbonyl (C=O) groups excluding carboxylic acids is 1. The molecule has 4 rings (SSSR count). The van der Waals surface area contributed by atoms with E-state index in [4.69, 9.17) is 0 Å². The van der Waals surface area contributed by atoms with E-state index in [0.717, 1.165) is 36.6 Å². The third-order valence-electron chi connectivity index (χ3n) is 4.62. The van der Waals surface area contributed by atoms with E-state index in [0.29, 0.717) is 11.7 Å². The molecule has 2 heterocycles. The lowest BCUT2D eigenvalue weighted by Gasteiger charge is -2.34. The molecule has 6 heteroatoms. The predicted octanol–water partition coefficient (Wildman–Crippen LogP) is 1.78. The Bertz CT molecular complexity index is 704. The van der Waals surface area contributed by atoms with Gasteiger partial charge in [0, 0.05) is 42.7 Å². The van der Waals surface area contributed by atoms with Crippen molar-refractivity contribution in [3.05, 3.63) is 35.7 Å². The second-order valence-electron chi connectivity index (χ2n) is 6.45. The Morgan fingerprint density at radius 3 is 2.74 bits per heavy atom. The fraction of sp³-hybridized carbons (Fsp3) is 0.471. The molecule has 120 valence electrons. The zero-order valence-electron chi connectivity index (χ0n) is 13.2. The summed E-state index contributed by atoms with van der Waals surface area (Å²) < 4.78 is 0. The molecule has 1 aromatic heterocycles. The Kier molecular flexibility index (Phi) is 3.61. The summed E-state index contributed by atoms with van der Waals surface area (Å²) in [5, 5.41) is 10.6. The molecule has 1 aromatic carbocycles. The molecule has 2 aromatic rings. The van der Waals surface area contributed by atoms with Crippen LogP contribution in [0.2, 0.25) is 0 Å². The molecule has 2 N–H and O–H groups in total. The van der Waals surface area contributed by atoms with Crippen molar-refractivity contribution in [1.29, 1.82) is 0 Å². The molecule has 1 amide bonds. The van der Waals surface area contributed by atoms with E-state index in [2.05, 4.69) is 27.4 Å². The maximum atomic E-state index is 12.6. The SMILES string of the molecule is C[C@H]1CNCCN1C(=O)c1ccc(-c2n[nH]c(C3CC3)n2)cc1. The number of nitrogens with zero attached hydrogens (tertiary/aromatic N) is 3. The summed E-state index contributed by atoms with van der Waals surface area (Å²) in [6.45, 7) is 4.54. The lowest BCUT2D eigenvalue weighted by molar-refractivity contribution is 0.0656. The number of hydrogen-bond acceptors (Lipinski definition) is 4. The van der Waals surface area contributed by atoms with Crippen molar-refractivity contribution >= 4 is 5.91 Å². The van der Waals surface area contributed by atoms with Gasteiger partial charge in [0.15, 0.2) is 5.82 Å². The Hall–Kier alpha value is -2.21. The van der Waals surface area contributed by atoms with Gasteiger partial charge >= 0.3 is 0 Å². The minimum absolute atomic E-state index is 0.0965. The summed E-state index contributed by atoms with van der Waals surface area (Å²) in [7, 11) is 0. The zero-order valence-corrected chi connectivity index (χ0v) is 13.2. The number of H-pyrrole nitrogens is 1. The molecule has 1 atom stereocenters. The lowest BCUT2D eigenvalue weighted by Crippen LogP contribution is -2.52. The van der Waals surface area contributed by atoms with Crippen LogP contribution in [0.1, 0.15) is 41.9 Å². The minimum Gasteiger partial charge on any atom is -0.333 e. The van der Waals surface area contributed by atoms with Gasteiger partial charge in [0.25, 0.3) is 5.91 Å². The highest BCUT2D eigenvalue weighted by Crippen LogP contribution is 2.38. The van der Waals surface area contributed by atoms with Crippen molar-refractivity contribution in [3.8, 4) is 11.4 Å². The van der Waals surface area contributed by atoms with Crippen LogP contribution in [0.3, 0.4) is 0 Å². The number of aromatic amines is 1. The van der Waals surface area contributed by atoms with Crippen molar-refractivity contribution in [2.45, 2.75) is 31.7 Å². The van der Waals surface area contributed by atoms with Crippen molar-refractivity contribution in [3.63, 3.8) is 0 Å². The van der Waals surface area contributed by atoms with Gasteiger partial charge in [-0.15, -0.1) is 0 Å². The fourth-order valence-corrected chi connectivity index (χ4v) is 3.01. The van der Waals surface area contributed by atoms with E-state index in [1.807, 2.05) is 29.2 Å². The van der Waals surface area contributed by atoms with Gasteiger partial charge in [-0.25, -0.2) is 4.98 Å². The van der Waals surface area contributed by atoms with Crippen molar-refractivity contribution in [2.24, 2.45) is 0 Å². The summed E-state index contributed by atoms with van der Waals surface area (Å²) in [5.74, 6) is 2.35. The highest BCUT2D eigenvalue weighted by Gasteiger charge is 2.27. The molecule has 1 saturated carbocycles. The third-order valence-corrected chi connectivity index (χ3v) is 4.62. The van der Waals surface area contributed by atoms with E-state index in [1.54, 1.807) is 0 Å². The molecule has 0 radical (unpaired) electrons. The van der Waals surface area contributed by atoms with Crippen LogP contribution in [0.25, 0.3) is 11.4 Å². The molecule has 0 bridgehead atoms. The van der Waals surface area contributed by atoms with Crippen LogP contribution in [0.5, 0.6) is 0 Å². The number of hydrogen-bond donors (Lipinski definition) is 2. The van der Waals surface area contributed by atoms with Crippen molar-refractivity contribution in [2.75, 3.05) is 19.6 Å². The summed E-state index contributed by atoms with van der Waals surface area (Å²) >= 11 is 0. The van der Waals surface area contributed by atoms with Gasteiger partial charge < -0.3 is 10.2 Å². The molecule has 2 aliphatic rings.